The highest BCUT2D eigenvalue weighted by atomic mass is 19.4. The molecule has 2 aromatic carbocycles. The molecular weight excluding hydrogens is 551 g/mol. The van der Waals surface area contributed by atoms with Gasteiger partial charge in [-0.2, -0.15) is 39.5 Å². The van der Waals surface area contributed by atoms with Gasteiger partial charge in [0.1, 0.15) is 11.5 Å². The summed E-state index contributed by atoms with van der Waals surface area (Å²) in [5, 5.41) is 9.69. The lowest BCUT2D eigenvalue weighted by atomic mass is 10.1. The van der Waals surface area contributed by atoms with Crippen molar-refractivity contribution in [2.24, 2.45) is 0 Å². The summed E-state index contributed by atoms with van der Waals surface area (Å²) in [7, 11) is 0. The molecule has 0 radical (unpaired) electrons. The summed E-state index contributed by atoms with van der Waals surface area (Å²) in [5.74, 6) is -1.30. The quantitative estimate of drug-likeness (QED) is 0.247. The Morgan fingerprint density at radius 2 is 1.56 bits per heavy atom. The van der Waals surface area contributed by atoms with Gasteiger partial charge in [-0.25, -0.2) is 0 Å². The lowest BCUT2D eigenvalue weighted by Gasteiger charge is -2.29. The molecule has 0 unspecified atom stereocenters. The number of ether oxygens (including phenoxy) is 3. The van der Waals surface area contributed by atoms with Crippen molar-refractivity contribution in [1.82, 2.24) is 4.98 Å². The normalized spacial score (nSPS) is 12.9. The predicted octanol–water partition coefficient (Wildman–Crippen LogP) is 6.64. The number of hydrogen-bond donors (Lipinski definition) is 1. The topological polar surface area (TPSA) is 64.1 Å². The molecule has 1 N–H and O–H groups in total. The zero-order valence-corrected chi connectivity index (χ0v) is 19.5. The molecule has 1 aromatic heterocycles. The molecule has 39 heavy (non-hydrogen) atoms. The van der Waals surface area contributed by atoms with Gasteiger partial charge in [-0.05, 0) is 29.8 Å². The van der Waals surface area contributed by atoms with Gasteiger partial charge < -0.3 is 24.2 Å². The van der Waals surface area contributed by atoms with E-state index in [0.29, 0.717) is 0 Å². The molecule has 0 spiro atoms. The van der Waals surface area contributed by atoms with E-state index in [4.69, 9.17) is 4.74 Å². The first kappa shape index (κ1) is 29.7. The zero-order chi connectivity index (χ0) is 28.8. The maximum Gasteiger partial charge on any atom is 0.461 e. The van der Waals surface area contributed by atoms with Crippen LogP contribution >= 0.6 is 0 Å². The first-order valence-corrected chi connectivity index (χ1v) is 10.8. The Hall–Kier alpha value is -3.88. The Morgan fingerprint density at radius 1 is 0.872 bits per heavy atom. The van der Waals surface area contributed by atoms with Gasteiger partial charge in [-0.3, -0.25) is 4.98 Å². The second-order valence-electron chi connectivity index (χ2n) is 7.85. The van der Waals surface area contributed by atoms with Crippen molar-refractivity contribution in [3.05, 3.63) is 72.6 Å². The molecular formula is C24H19F9N2O4. The van der Waals surface area contributed by atoms with Gasteiger partial charge >= 0.3 is 25.3 Å². The molecule has 0 saturated heterocycles. The van der Waals surface area contributed by atoms with Crippen molar-refractivity contribution in [3.63, 3.8) is 0 Å². The van der Waals surface area contributed by atoms with Crippen LogP contribution in [0, 0.1) is 0 Å². The summed E-state index contributed by atoms with van der Waals surface area (Å²) in [6.45, 7) is -4.65. The fourth-order valence-electron chi connectivity index (χ4n) is 3.21. The Bertz CT molecular complexity index is 1230. The van der Waals surface area contributed by atoms with Crippen LogP contribution in [0.4, 0.5) is 45.2 Å². The van der Waals surface area contributed by atoms with Crippen LogP contribution in [0.5, 0.6) is 23.0 Å². The minimum atomic E-state index is -5.02. The molecule has 212 valence electrons. The van der Waals surface area contributed by atoms with E-state index in [-0.39, 0.29) is 22.7 Å². The number of anilines is 1. The van der Waals surface area contributed by atoms with E-state index in [1.54, 1.807) is 0 Å². The number of halogens is 9. The number of nitrogens with zero attached hydrogens (tertiary/aromatic N) is 2. The Morgan fingerprint density at radius 3 is 2.23 bits per heavy atom. The Balaban J connectivity index is 1.90. The van der Waals surface area contributed by atoms with Crippen molar-refractivity contribution in [1.29, 1.82) is 0 Å². The fraction of sp³-hybridized carbons (Fsp3) is 0.292. The van der Waals surface area contributed by atoms with E-state index < -0.39 is 56.0 Å². The molecule has 0 aliphatic carbocycles. The second-order valence-corrected chi connectivity index (χ2v) is 7.85. The summed E-state index contributed by atoms with van der Waals surface area (Å²) in [6, 6.07) is 10.8. The van der Waals surface area contributed by atoms with Crippen molar-refractivity contribution in [2.45, 2.75) is 38.0 Å². The van der Waals surface area contributed by atoms with Gasteiger partial charge in [-0.1, -0.05) is 18.2 Å². The number of alkyl halides is 9. The number of pyridine rings is 1. The van der Waals surface area contributed by atoms with Crippen LogP contribution in [0.3, 0.4) is 0 Å². The van der Waals surface area contributed by atoms with Gasteiger partial charge in [-0.15, -0.1) is 0 Å². The summed E-state index contributed by atoms with van der Waals surface area (Å²) in [4.78, 5) is 4.66. The average molecular weight is 570 g/mol. The minimum absolute atomic E-state index is 0.0297. The third-order valence-corrected chi connectivity index (χ3v) is 4.92. The van der Waals surface area contributed by atoms with Gasteiger partial charge in [0.05, 0.1) is 12.7 Å². The van der Waals surface area contributed by atoms with Crippen LogP contribution in [0.1, 0.15) is 5.56 Å². The molecule has 0 saturated carbocycles. The number of benzene rings is 2. The van der Waals surface area contributed by atoms with Gasteiger partial charge in [0, 0.05) is 30.6 Å². The Labute approximate surface area is 215 Å². The van der Waals surface area contributed by atoms with Gasteiger partial charge in [0.25, 0.3) is 0 Å². The first-order valence-electron chi connectivity index (χ1n) is 10.8. The first-order chi connectivity index (χ1) is 18.2. The molecule has 0 fully saturated rings. The second kappa shape index (κ2) is 12.3. The molecule has 0 amide bonds. The molecule has 0 bridgehead atoms. The molecule has 1 atom stereocenters. The van der Waals surface area contributed by atoms with E-state index in [1.807, 2.05) is 0 Å². The molecule has 15 heteroatoms. The number of hydrogen-bond acceptors (Lipinski definition) is 6. The van der Waals surface area contributed by atoms with Crippen LogP contribution in [-0.4, -0.2) is 48.1 Å². The van der Waals surface area contributed by atoms with E-state index in [0.717, 1.165) is 29.3 Å². The zero-order valence-electron chi connectivity index (χ0n) is 19.5. The largest absolute Gasteiger partial charge is 0.461 e. The standard InChI is InChI=1S/C24H19F9N2O4/c25-21(26)24(32,33)39-17-6-1-3-14(9-17)12-35(13-20(36)23(29,30)31)15-4-2-5-16(10-15)37-18-7-8-34-11-19(18)38-22(27)28/h1-11,20-22,36H,12-13H2/t20-/m1/s1. The summed E-state index contributed by atoms with van der Waals surface area (Å²) in [5.41, 5.74) is 0.102. The van der Waals surface area contributed by atoms with Crippen LogP contribution in [-0.2, 0) is 6.54 Å². The van der Waals surface area contributed by atoms with Crippen molar-refractivity contribution in [2.75, 3.05) is 11.4 Å². The maximum absolute atomic E-state index is 13.3. The number of aliphatic hydroxyl groups excluding tert-OH is 1. The monoisotopic (exact) mass is 570 g/mol. The molecule has 1 heterocycles. The van der Waals surface area contributed by atoms with Gasteiger partial charge in [0.2, 0.25) is 0 Å². The highest BCUT2D eigenvalue weighted by Crippen LogP contribution is 2.34. The van der Waals surface area contributed by atoms with Crippen molar-refractivity contribution >= 4 is 5.69 Å². The third kappa shape index (κ3) is 8.56. The summed E-state index contributed by atoms with van der Waals surface area (Å²) < 4.78 is 130. The number of aliphatic hydroxyl groups is 1. The van der Waals surface area contributed by atoms with E-state index in [2.05, 4.69) is 14.5 Å². The molecule has 0 aliphatic heterocycles. The third-order valence-electron chi connectivity index (χ3n) is 4.92. The Kier molecular flexibility index (Phi) is 9.37. The number of aromatic nitrogens is 1. The van der Waals surface area contributed by atoms with Crippen LogP contribution in [0.15, 0.2) is 67.0 Å². The number of rotatable bonds is 12. The molecule has 3 aromatic rings. The van der Waals surface area contributed by atoms with Gasteiger partial charge in [0.15, 0.2) is 17.6 Å². The summed E-state index contributed by atoms with van der Waals surface area (Å²) in [6.07, 6.45) is -14.6. The highest BCUT2D eigenvalue weighted by Gasteiger charge is 2.44. The van der Waals surface area contributed by atoms with Crippen LogP contribution in [0.25, 0.3) is 0 Å². The van der Waals surface area contributed by atoms with Crippen molar-refractivity contribution in [3.8, 4) is 23.0 Å². The smallest absolute Gasteiger partial charge is 0.453 e. The lowest BCUT2D eigenvalue weighted by Crippen LogP contribution is -2.40. The molecule has 0 aliphatic rings. The minimum Gasteiger partial charge on any atom is -0.453 e. The average Bonchev–Trinajstić information content (AvgIpc) is 2.84. The van der Waals surface area contributed by atoms with E-state index >= 15 is 0 Å². The highest BCUT2D eigenvalue weighted by molar-refractivity contribution is 5.53. The van der Waals surface area contributed by atoms with Crippen LogP contribution < -0.4 is 19.1 Å². The molecule has 6 nitrogen and oxygen atoms in total. The van der Waals surface area contributed by atoms with E-state index in [9.17, 15) is 44.6 Å². The summed E-state index contributed by atoms with van der Waals surface area (Å²) >= 11 is 0. The maximum atomic E-state index is 13.3. The fourth-order valence-corrected chi connectivity index (χ4v) is 3.21. The van der Waals surface area contributed by atoms with Crippen LogP contribution in [0.2, 0.25) is 0 Å². The van der Waals surface area contributed by atoms with Crippen molar-refractivity contribution < 1.29 is 58.8 Å². The van der Waals surface area contributed by atoms with E-state index in [1.165, 1.54) is 42.6 Å². The molecule has 3 rings (SSSR count). The predicted molar refractivity (Wildman–Crippen MR) is 119 cm³/mol. The lowest BCUT2D eigenvalue weighted by molar-refractivity contribution is -0.253. The SMILES string of the molecule is O[C@H](CN(Cc1cccc(OC(F)(F)C(F)F)c1)c1cccc(Oc2ccncc2OC(F)F)c1)C(F)(F)F.